The molecule has 19 heavy (non-hydrogen) atoms. The van der Waals surface area contributed by atoms with Crippen molar-refractivity contribution in [2.45, 2.75) is 57.7 Å². The third-order valence-electron chi connectivity index (χ3n) is 3.85. The molecule has 2 rings (SSSR count). The lowest BCUT2D eigenvalue weighted by atomic mass is 9.89. The second-order valence-electron chi connectivity index (χ2n) is 5.90. The van der Waals surface area contributed by atoms with Crippen LogP contribution in [0.15, 0.2) is 30.3 Å². The number of piperidine rings is 1. The van der Waals surface area contributed by atoms with Crippen LogP contribution in [0.5, 0.6) is 0 Å². The summed E-state index contributed by atoms with van der Waals surface area (Å²) >= 11 is 0. The van der Waals surface area contributed by atoms with E-state index in [0.29, 0.717) is 6.04 Å². The average molecular weight is 258 g/mol. The van der Waals surface area contributed by atoms with Crippen molar-refractivity contribution in [2.75, 3.05) is 0 Å². The number of hydrogen-bond acceptors (Lipinski definition) is 3. The third kappa shape index (κ3) is 3.15. The second-order valence-corrected chi connectivity index (χ2v) is 5.90. The Bertz CT molecular complexity index is 450. The third-order valence-corrected chi connectivity index (χ3v) is 3.85. The van der Waals surface area contributed by atoms with Gasteiger partial charge in [0.2, 0.25) is 0 Å². The summed E-state index contributed by atoms with van der Waals surface area (Å²) in [4.78, 5) is 6.03. The van der Waals surface area contributed by atoms with Crippen molar-refractivity contribution < 1.29 is 4.84 Å². The van der Waals surface area contributed by atoms with Crippen LogP contribution in [0.3, 0.4) is 0 Å². The maximum atomic E-state index is 9.36. The Balaban J connectivity index is 2.16. The smallest absolute Gasteiger partial charge is 0.190 e. The highest BCUT2D eigenvalue weighted by Crippen LogP contribution is 2.34. The fourth-order valence-corrected chi connectivity index (χ4v) is 2.80. The number of hydroxylamine groups is 2. The maximum Gasteiger partial charge on any atom is 0.190 e. The van der Waals surface area contributed by atoms with Crippen LogP contribution in [-0.2, 0) is 4.84 Å². The standard InChI is InChI=1S/C16H22N2O/c1-13-8-7-11-16(2,3)18(13)19-15(12-17)14-9-5-4-6-10-14/h4-6,9-10,13,15H,7-8,11H2,1-3H3. The number of nitriles is 1. The SMILES string of the molecule is CC1CCCC(C)(C)N1OC(C#N)c1ccccc1. The van der Waals surface area contributed by atoms with Gasteiger partial charge in [-0.15, -0.1) is 0 Å². The summed E-state index contributed by atoms with van der Waals surface area (Å²) in [6.07, 6.45) is 2.91. The lowest BCUT2D eigenvalue weighted by molar-refractivity contribution is -0.268. The van der Waals surface area contributed by atoms with E-state index in [-0.39, 0.29) is 5.54 Å². The van der Waals surface area contributed by atoms with Gasteiger partial charge in [-0.3, -0.25) is 4.84 Å². The molecule has 102 valence electrons. The molecule has 0 N–H and O–H groups in total. The van der Waals surface area contributed by atoms with Gasteiger partial charge in [0.25, 0.3) is 0 Å². The van der Waals surface area contributed by atoms with Crippen LogP contribution < -0.4 is 0 Å². The van der Waals surface area contributed by atoms with Gasteiger partial charge in [-0.2, -0.15) is 10.3 Å². The first-order chi connectivity index (χ1) is 9.04. The van der Waals surface area contributed by atoms with E-state index in [0.717, 1.165) is 18.4 Å². The summed E-state index contributed by atoms with van der Waals surface area (Å²) in [5.74, 6) is 0. The minimum Gasteiger partial charge on any atom is -0.275 e. The van der Waals surface area contributed by atoms with Crippen LogP contribution >= 0.6 is 0 Å². The molecule has 1 aromatic carbocycles. The Morgan fingerprint density at radius 1 is 1.37 bits per heavy atom. The fourth-order valence-electron chi connectivity index (χ4n) is 2.80. The molecule has 3 heteroatoms. The second kappa shape index (κ2) is 5.73. The van der Waals surface area contributed by atoms with E-state index in [2.05, 4.69) is 26.8 Å². The van der Waals surface area contributed by atoms with E-state index in [1.807, 2.05) is 35.4 Å². The first-order valence-electron chi connectivity index (χ1n) is 6.95. The van der Waals surface area contributed by atoms with E-state index in [1.54, 1.807) is 0 Å². The predicted octanol–water partition coefficient (Wildman–Crippen LogP) is 3.84. The zero-order valence-corrected chi connectivity index (χ0v) is 12.0. The Kier molecular flexibility index (Phi) is 4.24. The summed E-state index contributed by atoms with van der Waals surface area (Å²) in [7, 11) is 0. The van der Waals surface area contributed by atoms with E-state index in [9.17, 15) is 5.26 Å². The lowest BCUT2D eigenvalue weighted by Crippen LogP contribution is -2.52. The van der Waals surface area contributed by atoms with Crippen LogP contribution in [0.25, 0.3) is 0 Å². The first kappa shape index (κ1) is 14.0. The Morgan fingerprint density at radius 2 is 2.05 bits per heavy atom. The van der Waals surface area contributed by atoms with Gasteiger partial charge >= 0.3 is 0 Å². The van der Waals surface area contributed by atoms with E-state index < -0.39 is 6.10 Å². The molecule has 2 unspecified atom stereocenters. The van der Waals surface area contributed by atoms with Gasteiger partial charge in [0.05, 0.1) is 0 Å². The van der Waals surface area contributed by atoms with Crippen LogP contribution in [-0.4, -0.2) is 16.6 Å². The van der Waals surface area contributed by atoms with Crippen LogP contribution in [0, 0.1) is 11.3 Å². The molecule has 2 atom stereocenters. The Labute approximate surface area is 115 Å². The molecule has 0 aliphatic carbocycles. The number of benzene rings is 1. The summed E-state index contributed by atoms with van der Waals surface area (Å²) in [6.45, 7) is 6.53. The zero-order valence-electron chi connectivity index (χ0n) is 12.0. The van der Waals surface area contributed by atoms with Gasteiger partial charge in [-0.05, 0) is 45.6 Å². The topological polar surface area (TPSA) is 36.3 Å². The molecule has 0 saturated carbocycles. The molecule has 1 saturated heterocycles. The van der Waals surface area contributed by atoms with Crippen molar-refractivity contribution >= 4 is 0 Å². The van der Waals surface area contributed by atoms with E-state index in [4.69, 9.17) is 4.84 Å². The molecule has 1 heterocycles. The minimum atomic E-state index is -0.527. The van der Waals surface area contributed by atoms with Gasteiger partial charge < -0.3 is 0 Å². The number of nitrogens with zero attached hydrogens (tertiary/aromatic N) is 2. The van der Waals surface area contributed by atoms with Crippen molar-refractivity contribution in [3.8, 4) is 6.07 Å². The van der Waals surface area contributed by atoms with Gasteiger partial charge in [-0.25, -0.2) is 0 Å². The lowest BCUT2D eigenvalue weighted by Gasteiger charge is -2.46. The largest absolute Gasteiger partial charge is 0.275 e. The normalized spacial score (nSPS) is 24.6. The number of hydrogen-bond donors (Lipinski definition) is 0. The molecule has 1 aliphatic rings. The molecule has 0 radical (unpaired) electrons. The Morgan fingerprint density at radius 3 is 2.63 bits per heavy atom. The summed E-state index contributed by atoms with van der Waals surface area (Å²) in [5.41, 5.74) is 0.903. The van der Waals surface area contributed by atoms with E-state index in [1.165, 1.54) is 6.42 Å². The van der Waals surface area contributed by atoms with Crippen molar-refractivity contribution in [1.82, 2.24) is 5.06 Å². The van der Waals surface area contributed by atoms with Gasteiger partial charge in [0.15, 0.2) is 6.10 Å². The molecular weight excluding hydrogens is 236 g/mol. The zero-order chi connectivity index (χ0) is 13.9. The van der Waals surface area contributed by atoms with Crippen LogP contribution in [0.4, 0.5) is 0 Å². The summed E-state index contributed by atoms with van der Waals surface area (Å²) < 4.78 is 0. The predicted molar refractivity (Wildman–Crippen MR) is 75.1 cm³/mol. The minimum absolute atomic E-state index is 0.0124. The van der Waals surface area contributed by atoms with Crippen LogP contribution in [0.1, 0.15) is 51.7 Å². The molecule has 0 aromatic heterocycles. The first-order valence-corrected chi connectivity index (χ1v) is 6.95. The average Bonchev–Trinajstić information content (AvgIpc) is 2.39. The summed E-state index contributed by atoms with van der Waals surface area (Å²) in [5, 5.41) is 11.4. The van der Waals surface area contributed by atoms with Gasteiger partial charge in [-0.1, -0.05) is 30.3 Å². The Hall–Kier alpha value is -1.37. The highest BCUT2D eigenvalue weighted by molar-refractivity contribution is 5.21. The van der Waals surface area contributed by atoms with Crippen molar-refractivity contribution in [3.63, 3.8) is 0 Å². The molecule has 1 aliphatic heterocycles. The molecule has 3 nitrogen and oxygen atoms in total. The highest BCUT2D eigenvalue weighted by atomic mass is 16.7. The molecule has 1 fully saturated rings. The molecular formula is C16H22N2O. The molecule has 0 bridgehead atoms. The maximum absolute atomic E-state index is 9.36. The van der Waals surface area contributed by atoms with Crippen molar-refractivity contribution in [2.24, 2.45) is 0 Å². The van der Waals surface area contributed by atoms with Gasteiger partial charge in [0.1, 0.15) is 6.07 Å². The number of rotatable bonds is 3. The highest BCUT2D eigenvalue weighted by Gasteiger charge is 2.37. The van der Waals surface area contributed by atoms with E-state index >= 15 is 0 Å². The fraction of sp³-hybridized carbons (Fsp3) is 0.562. The molecule has 1 aromatic rings. The van der Waals surface area contributed by atoms with Crippen LogP contribution in [0.2, 0.25) is 0 Å². The molecule has 0 spiro atoms. The molecule has 0 amide bonds. The summed E-state index contributed by atoms with van der Waals surface area (Å²) in [6, 6.07) is 12.3. The quantitative estimate of drug-likeness (QED) is 0.826. The van der Waals surface area contributed by atoms with Crippen molar-refractivity contribution in [1.29, 1.82) is 5.26 Å². The van der Waals surface area contributed by atoms with Gasteiger partial charge in [0, 0.05) is 11.6 Å². The van der Waals surface area contributed by atoms with Crippen molar-refractivity contribution in [3.05, 3.63) is 35.9 Å². The monoisotopic (exact) mass is 258 g/mol.